The molecule has 3 nitrogen and oxygen atoms in total. The Hall–Kier alpha value is -1.09. The topological polar surface area (TPSA) is 28.2 Å². The van der Waals surface area contributed by atoms with Crippen LogP contribution in [0, 0.1) is 5.92 Å². The van der Waals surface area contributed by atoms with Crippen LogP contribution in [0.25, 0.3) is 0 Å². The van der Waals surface area contributed by atoms with Crippen molar-refractivity contribution in [3.05, 3.63) is 24.5 Å². The first-order chi connectivity index (χ1) is 7.93. The van der Waals surface area contributed by atoms with E-state index in [4.69, 9.17) is 0 Å². The first-order valence-electron chi connectivity index (χ1n) is 6.32. The second-order valence-electron chi connectivity index (χ2n) is 4.91. The molecule has 1 aromatic heterocycles. The Bertz CT molecular complexity index is 338. The number of aromatic nitrogens is 1. The summed E-state index contributed by atoms with van der Waals surface area (Å²) in [5, 5.41) is 3.64. The largest absolute Gasteiger partial charge is 0.369 e. The first kappa shape index (κ1) is 10.1. The average Bonchev–Trinajstić information content (AvgIpc) is 2.68. The number of nitrogens with zero attached hydrogens (tertiary/aromatic N) is 2. The normalized spacial score (nSPS) is 29.9. The molecule has 2 saturated heterocycles. The Balaban J connectivity index is 1.76. The molecule has 3 heteroatoms. The third-order valence-corrected chi connectivity index (χ3v) is 3.92. The molecule has 0 amide bonds. The maximum Gasteiger partial charge on any atom is 0.0553 e. The minimum absolute atomic E-state index is 0.697. The number of hydrogen-bond donors (Lipinski definition) is 1. The van der Waals surface area contributed by atoms with Crippen LogP contribution in [0.15, 0.2) is 24.5 Å². The molecule has 0 aromatic carbocycles. The van der Waals surface area contributed by atoms with E-state index in [9.17, 15) is 0 Å². The second kappa shape index (κ2) is 4.42. The summed E-state index contributed by atoms with van der Waals surface area (Å²) in [5.74, 6) is 0.904. The van der Waals surface area contributed by atoms with E-state index in [2.05, 4.69) is 21.3 Å². The molecule has 2 fully saturated rings. The molecule has 0 saturated carbocycles. The molecule has 2 atom stereocenters. The van der Waals surface area contributed by atoms with Gasteiger partial charge in [0.15, 0.2) is 0 Å². The van der Waals surface area contributed by atoms with E-state index in [1.807, 2.05) is 18.5 Å². The zero-order chi connectivity index (χ0) is 10.8. The summed E-state index contributed by atoms with van der Waals surface area (Å²) >= 11 is 0. The number of hydrogen-bond acceptors (Lipinski definition) is 3. The summed E-state index contributed by atoms with van der Waals surface area (Å²) in [6.07, 6.45) is 7.89. The highest BCUT2D eigenvalue weighted by Gasteiger charge is 2.30. The lowest BCUT2D eigenvalue weighted by Gasteiger charge is -2.26. The molecule has 2 aliphatic rings. The van der Waals surface area contributed by atoms with Crippen molar-refractivity contribution in [1.82, 2.24) is 10.3 Å². The van der Waals surface area contributed by atoms with E-state index in [-0.39, 0.29) is 0 Å². The lowest BCUT2D eigenvalue weighted by atomic mass is 9.97. The van der Waals surface area contributed by atoms with Gasteiger partial charge in [-0.25, -0.2) is 0 Å². The monoisotopic (exact) mass is 217 g/mol. The van der Waals surface area contributed by atoms with Crippen LogP contribution in [-0.2, 0) is 0 Å². The number of anilines is 1. The van der Waals surface area contributed by atoms with E-state index in [0.717, 1.165) is 12.5 Å². The lowest BCUT2D eigenvalue weighted by molar-refractivity contribution is 0.445. The van der Waals surface area contributed by atoms with Gasteiger partial charge in [0.2, 0.25) is 0 Å². The van der Waals surface area contributed by atoms with Gasteiger partial charge in [-0.05, 0) is 43.9 Å². The fourth-order valence-corrected chi connectivity index (χ4v) is 3.03. The van der Waals surface area contributed by atoms with Crippen molar-refractivity contribution in [3.8, 4) is 0 Å². The van der Waals surface area contributed by atoms with E-state index in [0.29, 0.717) is 6.04 Å². The smallest absolute Gasteiger partial charge is 0.0553 e. The summed E-state index contributed by atoms with van der Waals surface area (Å²) in [6.45, 7) is 3.53. The van der Waals surface area contributed by atoms with Crippen molar-refractivity contribution in [1.29, 1.82) is 0 Å². The highest BCUT2D eigenvalue weighted by molar-refractivity contribution is 5.44. The molecule has 0 aliphatic carbocycles. The Morgan fingerprint density at radius 2 is 2.38 bits per heavy atom. The Morgan fingerprint density at radius 3 is 3.25 bits per heavy atom. The number of nitrogens with one attached hydrogen (secondary N) is 1. The SMILES string of the molecule is c1cncc(N2CCC[C@H]3CCN[C@H]3C2)c1. The summed E-state index contributed by atoms with van der Waals surface area (Å²) in [4.78, 5) is 6.70. The number of fused-ring (bicyclic) bond motifs is 1. The Labute approximate surface area is 96.9 Å². The Kier molecular flexibility index (Phi) is 2.79. The van der Waals surface area contributed by atoms with Gasteiger partial charge in [-0.1, -0.05) is 0 Å². The van der Waals surface area contributed by atoms with Crippen LogP contribution in [0.4, 0.5) is 5.69 Å². The fraction of sp³-hybridized carbons (Fsp3) is 0.615. The molecule has 1 N–H and O–H groups in total. The van der Waals surface area contributed by atoms with Gasteiger partial charge in [0, 0.05) is 25.3 Å². The standard InChI is InChI=1S/C13H19N3/c1-4-12(9-14-6-1)16-8-2-3-11-5-7-15-13(11)10-16/h1,4,6,9,11,13,15H,2-3,5,7-8,10H2/t11-,13-/m0/s1. The van der Waals surface area contributed by atoms with Crippen molar-refractivity contribution in [2.45, 2.75) is 25.3 Å². The Morgan fingerprint density at radius 1 is 1.38 bits per heavy atom. The predicted molar refractivity (Wildman–Crippen MR) is 65.6 cm³/mol. The van der Waals surface area contributed by atoms with Gasteiger partial charge in [-0.15, -0.1) is 0 Å². The van der Waals surface area contributed by atoms with Gasteiger partial charge in [0.1, 0.15) is 0 Å². The van der Waals surface area contributed by atoms with E-state index in [1.54, 1.807) is 0 Å². The van der Waals surface area contributed by atoms with E-state index < -0.39 is 0 Å². The van der Waals surface area contributed by atoms with Gasteiger partial charge in [0.05, 0.1) is 11.9 Å². The maximum absolute atomic E-state index is 4.21. The summed E-state index contributed by atoms with van der Waals surface area (Å²) < 4.78 is 0. The highest BCUT2D eigenvalue weighted by atomic mass is 15.2. The van der Waals surface area contributed by atoms with Crippen LogP contribution >= 0.6 is 0 Å². The van der Waals surface area contributed by atoms with Crippen molar-refractivity contribution < 1.29 is 0 Å². The molecule has 2 aliphatic heterocycles. The van der Waals surface area contributed by atoms with Crippen molar-refractivity contribution in [2.75, 3.05) is 24.5 Å². The average molecular weight is 217 g/mol. The molecule has 0 radical (unpaired) electrons. The number of pyridine rings is 1. The molecule has 0 spiro atoms. The maximum atomic E-state index is 4.21. The summed E-state index contributed by atoms with van der Waals surface area (Å²) in [6, 6.07) is 4.89. The van der Waals surface area contributed by atoms with Crippen molar-refractivity contribution in [2.24, 2.45) is 5.92 Å². The number of rotatable bonds is 1. The van der Waals surface area contributed by atoms with Gasteiger partial charge >= 0.3 is 0 Å². The molecule has 86 valence electrons. The van der Waals surface area contributed by atoms with Crippen LogP contribution in [0.3, 0.4) is 0 Å². The van der Waals surface area contributed by atoms with Gasteiger partial charge in [0.25, 0.3) is 0 Å². The van der Waals surface area contributed by atoms with Crippen molar-refractivity contribution >= 4 is 5.69 Å². The second-order valence-corrected chi connectivity index (χ2v) is 4.91. The molecule has 1 aromatic rings. The van der Waals surface area contributed by atoms with Gasteiger partial charge in [-0.2, -0.15) is 0 Å². The van der Waals surface area contributed by atoms with E-state index >= 15 is 0 Å². The molecule has 3 rings (SSSR count). The van der Waals surface area contributed by atoms with Crippen LogP contribution in [-0.4, -0.2) is 30.7 Å². The molecular weight excluding hydrogens is 198 g/mol. The lowest BCUT2D eigenvalue weighted by Crippen LogP contribution is -2.38. The minimum atomic E-state index is 0.697. The first-order valence-corrected chi connectivity index (χ1v) is 6.32. The molecule has 3 heterocycles. The summed E-state index contributed by atoms with van der Waals surface area (Å²) in [5.41, 5.74) is 1.27. The molecule has 0 unspecified atom stereocenters. The highest BCUT2D eigenvalue weighted by Crippen LogP contribution is 2.27. The van der Waals surface area contributed by atoms with Gasteiger partial charge < -0.3 is 10.2 Å². The zero-order valence-electron chi connectivity index (χ0n) is 9.60. The predicted octanol–water partition coefficient (Wildman–Crippen LogP) is 1.66. The van der Waals surface area contributed by atoms with Crippen LogP contribution in [0.5, 0.6) is 0 Å². The molecule has 0 bridgehead atoms. The molecule has 16 heavy (non-hydrogen) atoms. The summed E-state index contributed by atoms with van der Waals surface area (Å²) in [7, 11) is 0. The third-order valence-electron chi connectivity index (χ3n) is 3.92. The van der Waals surface area contributed by atoms with Crippen molar-refractivity contribution in [3.63, 3.8) is 0 Å². The van der Waals surface area contributed by atoms with Crippen LogP contribution in [0.2, 0.25) is 0 Å². The van der Waals surface area contributed by atoms with Crippen LogP contribution in [0.1, 0.15) is 19.3 Å². The fourth-order valence-electron chi connectivity index (χ4n) is 3.03. The molecular formula is C13H19N3. The van der Waals surface area contributed by atoms with Gasteiger partial charge in [-0.3, -0.25) is 4.98 Å². The third kappa shape index (κ3) is 1.92. The minimum Gasteiger partial charge on any atom is -0.369 e. The quantitative estimate of drug-likeness (QED) is 0.775. The van der Waals surface area contributed by atoms with Crippen LogP contribution < -0.4 is 10.2 Å². The van der Waals surface area contributed by atoms with E-state index in [1.165, 1.54) is 38.0 Å². The zero-order valence-corrected chi connectivity index (χ0v) is 9.60.